The van der Waals surface area contributed by atoms with E-state index in [-0.39, 0.29) is 17.9 Å². The van der Waals surface area contributed by atoms with Crippen LogP contribution in [0.5, 0.6) is 0 Å². The third kappa shape index (κ3) is 5.03. The van der Waals surface area contributed by atoms with Crippen molar-refractivity contribution in [3.63, 3.8) is 0 Å². The summed E-state index contributed by atoms with van der Waals surface area (Å²) in [5.41, 5.74) is 4.30. The van der Waals surface area contributed by atoms with Crippen molar-refractivity contribution in [3.8, 4) is 0 Å². The molecule has 0 saturated carbocycles. The van der Waals surface area contributed by atoms with Gasteiger partial charge in [0.2, 0.25) is 11.8 Å². The Bertz CT molecular complexity index is 613. The molecule has 1 aromatic rings. The molecule has 0 spiro atoms. The second kappa shape index (κ2) is 8.45. The molecule has 2 N–H and O–H groups in total. The molecule has 6 heteroatoms. The summed E-state index contributed by atoms with van der Waals surface area (Å²) >= 11 is 0. The zero-order valence-electron chi connectivity index (χ0n) is 16.0. The van der Waals surface area contributed by atoms with E-state index in [9.17, 15) is 9.59 Å². The SMILES string of the molecule is CNC(=O)CN1CCN([C@@H](C)C(=O)Nc2c(C)cc(C)cc2C)CC1. The molecule has 1 saturated heterocycles. The Kier molecular flexibility index (Phi) is 6.56. The number of aryl methyl sites for hydroxylation is 3. The van der Waals surface area contributed by atoms with Crippen molar-refractivity contribution in [2.24, 2.45) is 0 Å². The quantitative estimate of drug-likeness (QED) is 0.844. The molecule has 0 aromatic heterocycles. The number of hydrogen-bond donors (Lipinski definition) is 2. The highest BCUT2D eigenvalue weighted by atomic mass is 16.2. The molecule has 1 atom stereocenters. The average molecular weight is 346 g/mol. The summed E-state index contributed by atoms with van der Waals surface area (Å²) < 4.78 is 0. The van der Waals surface area contributed by atoms with Gasteiger partial charge in [-0.25, -0.2) is 0 Å². The summed E-state index contributed by atoms with van der Waals surface area (Å²) in [6, 6.07) is 3.98. The van der Waals surface area contributed by atoms with Crippen LogP contribution in [0.3, 0.4) is 0 Å². The largest absolute Gasteiger partial charge is 0.358 e. The molecule has 0 unspecified atom stereocenters. The standard InChI is InChI=1S/C19H30N4O2/c1-13-10-14(2)18(15(3)11-13)21-19(25)16(4)23-8-6-22(7-9-23)12-17(24)20-5/h10-11,16H,6-9,12H2,1-5H3,(H,20,24)(H,21,25)/t16-/m0/s1. The zero-order chi connectivity index (χ0) is 18.6. The normalized spacial score (nSPS) is 17.2. The summed E-state index contributed by atoms with van der Waals surface area (Å²) in [7, 11) is 1.65. The second-order valence-electron chi connectivity index (χ2n) is 6.92. The van der Waals surface area contributed by atoms with Gasteiger partial charge in [-0.15, -0.1) is 0 Å². The summed E-state index contributed by atoms with van der Waals surface area (Å²) in [4.78, 5) is 28.4. The molecule has 1 heterocycles. The minimum atomic E-state index is -0.192. The van der Waals surface area contributed by atoms with Crippen LogP contribution in [-0.2, 0) is 9.59 Å². The number of piperazine rings is 1. The van der Waals surface area contributed by atoms with Gasteiger partial charge < -0.3 is 10.6 Å². The molecule has 2 rings (SSSR count). The van der Waals surface area contributed by atoms with Gasteiger partial charge in [0.05, 0.1) is 12.6 Å². The van der Waals surface area contributed by atoms with Crippen molar-refractivity contribution < 1.29 is 9.59 Å². The first-order chi connectivity index (χ1) is 11.8. The lowest BCUT2D eigenvalue weighted by Gasteiger charge is -2.37. The van der Waals surface area contributed by atoms with E-state index in [2.05, 4.69) is 39.5 Å². The number of rotatable bonds is 5. The first kappa shape index (κ1) is 19.4. The van der Waals surface area contributed by atoms with Gasteiger partial charge in [-0.1, -0.05) is 17.7 Å². The van der Waals surface area contributed by atoms with Crippen LogP contribution in [0, 0.1) is 20.8 Å². The van der Waals surface area contributed by atoms with Crippen LogP contribution in [0.2, 0.25) is 0 Å². The van der Waals surface area contributed by atoms with E-state index in [1.165, 1.54) is 5.56 Å². The lowest BCUT2D eigenvalue weighted by molar-refractivity contribution is -0.124. The number of carbonyl (C=O) groups is 2. The van der Waals surface area contributed by atoms with Crippen LogP contribution < -0.4 is 10.6 Å². The van der Waals surface area contributed by atoms with Gasteiger partial charge in [0.15, 0.2) is 0 Å². The molecule has 138 valence electrons. The number of likely N-dealkylation sites (N-methyl/N-ethyl adjacent to an activating group) is 1. The highest BCUT2D eigenvalue weighted by Gasteiger charge is 2.26. The second-order valence-corrected chi connectivity index (χ2v) is 6.92. The Labute approximate surface area is 150 Å². The lowest BCUT2D eigenvalue weighted by atomic mass is 10.0. The molecule has 1 aliphatic rings. The summed E-state index contributed by atoms with van der Waals surface area (Å²) in [5.74, 6) is 0.0550. The maximum Gasteiger partial charge on any atom is 0.241 e. The molecule has 6 nitrogen and oxygen atoms in total. The van der Waals surface area contributed by atoms with Crippen molar-refractivity contribution in [2.75, 3.05) is 45.1 Å². The Morgan fingerprint density at radius 2 is 1.64 bits per heavy atom. The smallest absolute Gasteiger partial charge is 0.241 e. The maximum atomic E-state index is 12.7. The van der Waals surface area contributed by atoms with E-state index in [4.69, 9.17) is 0 Å². The molecule has 1 fully saturated rings. The average Bonchev–Trinajstić information content (AvgIpc) is 2.57. The Hall–Kier alpha value is -1.92. The fraction of sp³-hybridized carbons (Fsp3) is 0.579. The van der Waals surface area contributed by atoms with Gasteiger partial charge in [-0.3, -0.25) is 19.4 Å². The number of benzene rings is 1. The first-order valence-corrected chi connectivity index (χ1v) is 8.87. The molecule has 25 heavy (non-hydrogen) atoms. The van der Waals surface area contributed by atoms with Crippen molar-refractivity contribution >= 4 is 17.5 Å². The van der Waals surface area contributed by atoms with Crippen molar-refractivity contribution in [1.82, 2.24) is 15.1 Å². The van der Waals surface area contributed by atoms with E-state index in [0.717, 1.165) is 43.0 Å². The lowest BCUT2D eigenvalue weighted by Crippen LogP contribution is -2.54. The number of anilines is 1. The molecular formula is C19H30N4O2. The number of amides is 2. The van der Waals surface area contributed by atoms with E-state index < -0.39 is 0 Å². The minimum Gasteiger partial charge on any atom is -0.358 e. The Morgan fingerprint density at radius 1 is 1.08 bits per heavy atom. The minimum absolute atomic E-state index is 0.0230. The number of hydrogen-bond acceptors (Lipinski definition) is 4. The Morgan fingerprint density at radius 3 is 2.16 bits per heavy atom. The summed E-state index contributed by atoms with van der Waals surface area (Å²) in [6.45, 7) is 11.7. The third-order valence-electron chi connectivity index (χ3n) is 4.91. The van der Waals surface area contributed by atoms with Gasteiger partial charge in [-0.05, 0) is 38.8 Å². The predicted octanol–water partition coefficient (Wildman–Crippen LogP) is 1.30. The van der Waals surface area contributed by atoms with Gasteiger partial charge >= 0.3 is 0 Å². The van der Waals surface area contributed by atoms with E-state index in [1.54, 1.807) is 7.05 Å². The molecule has 1 aromatic carbocycles. The monoisotopic (exact) mass is 346 g/mol. The van der Waals surface area contributed by atoms with E-state index >= 15 is 0 Å². The summed E-state index contributed by atoms with van der Waals surface area (Å²) in [6.07, 6.45) is 0. The van der Waals surface area contributed by atoms with E-state index in [0.29, 0.717) is 6.54 Å². The van der Waals surface area contributed by atoms with Crippen LogP contribution >= 0.6 is 0 Å². The Balaban J connectivity index is 1.92. The number of nitrogens with one attached hydrogen (secondary N) is 2. The molecule has 2 amide bonds. The zero-order valence-corrected chi connectivity index (χ0v) is 16.0. The van der Waals surface area contributed by atoms with Crippen molar-refractivity contribution in [2.45, 2.75) is 33.7 Å². The van der Waals surface area contributed by atoms with E-state index in [1.807, 2.05) is 20.8 Å². The highest BCUT2D eigenvalue weighted by molar-refractivity contribution is 5.96. The topological polar surface area (TPSA) is 64.7 Å². The van der Waals surface area contributed by atoms with Crippen LogP contribution in [0.15, 0.2) is 12.1 Å². The molecule has 0 radical (unpaired) electrons. The summed E-state index contributed by atoms with van der Waals surface area (Å²) in [5, 5.41) is 5.74. The fourth-order valence-corrected chi connectivity index (χ4v) is 3.36. The molecular weight excluding hydrogens is 316 g/mol. The van der Waals surface area contributed by atoms with Crippen LogP contribution in [0.1, 0.15) is 23.6 Å². The predicted molar refractivity (Wildman–Crippen MR) is 101 cm³/mol. The number of nitrogens with zero attached hydrogens (tertiary/aromatic N) is 2. The van der Waals surface area contributed by atoms with Gasteiger partial charge in [0.25, 0.3) is 0 Å². The van der Waals surface area contributed by atoms with Gasteiger partial charge in [0.1, 0.15) is 0 Å². The maximum absolute atomic E-state index is 12.7. The van der Waals surface area contributed by atoms with Crippen LogP contribution in [0.4, 0.5) is 5.69 Å². The van der Waals surface area contributed by atoms with Crippen LogP contribution in [-0.4, -0.2) is 67.4 Å². The fourth-order valence-electron chi connectivity index (χ4n) is 3.36. The first-order valence-electron chi connectivity index (χ1n) is 8.87. The number of carbonyl (C=O) groups excluding carboxylic acids is 2. The van der Waals surface area contributed by atoms with Gasteiger partial charge in [0, 0.05) is 38.9 Å². The molecule has 0 aliphatic carbocycles. The highest BCUT2D eigenvalue weighted by Crippen LogP contribution is 2.22. The third-order valence-corrected chi connectivity index (χ3v) is 4.91. The van der Waals surface area contributed by atoms with Gasteiger partial charge in [-0.2, -0.15) is 0 Å². The van der Waals surface area contributed by atoms with Crippen molar-refractivity contribution in [3.05, 3.63) is 28.8 Å². The van der Waals surface area contributed by atoms with Crippen molar-refractivity contribution in [1.29, 1.82) is 0 Å². The van der Waals surface area contributed by atoms with Crippen LogP contribution in [0.25, 0.3) is 0 Å². The molecule has 1 aliphatic heterocycles. The molecule has 0 bridgehead atoms.